The summed E-state index contributed by atoms with van der Waals surface area (Å²) in [5.74, 6) is 1.17. The summed E-state index contributed by atoms with van der Waals surface area (Å²) < 4.78 is 15.7. The van der Waals surface area contributed by atoms with Gasteiger partial charge in [-0.25, -0.2) is 4.98 Å². The molecule has 1 aromatic rings. The quantitative estimate of drug-likeness (QED) is 0.653. The van der Waals surface area contributed by atoms with Gasteiger partial charge >= 0.3 is 0 Å². The van der Waals surface area contributed by atoms with Crippen molar-refractivity contribution in [1.29, 1.82) is 0 Å². The Bertz CT molecular complexity index is 348. The third-order valence-corrected chi connectivity index (χ3v) is 2.17. The lowest BCUT2D eigenvalue weighted by atomic mass is 10.4. The van der Waals surface area contributed by atoms with Gasteiger partial charge in [0.05, 0.1) is 19.3 Å². The van der Waals surface area contributed by atoms with E-state index in [4.69, 9.17) is 14.2 Å². The highest BCUT2D eigenvalue weighted by Crippen LogP contribution is 2.09. The van der Waals surface area contributed by atoms with E-state index in [0.717, 1.165) is 13.0 Å². The number of hydrogen-bond acceptors (Lipinski definition) is 6. The number of anilines is 1. The minimum atomic E-state index is 0.108. The second-order valence-electron chi connectivity index (χ2n) is 4.27. The van der Waals surface area contributed by atoms with Crippen LogP contribution >= 0.6 is 0 Å². The van der Waals surface area contributed by atoms with Gasteiger partial charge in [-0.1, -0.05) is 0 Å². The van der Waals surface area contributed by atoms with Gasteiger partial charge in [-0.2, -0.15) is 4.98 Å². The molecule has 1 N–H and O–H groups in total. The first-order valence-electron chi connectivity index (χ1n) is 6.52. The summed E-state index contributed by atoms with van der Waals surface area (Å²) in [6.07, 6.45) is 2.68. The monoisotopic (exact) mass is 269 g/mol. The Balaban J connectivity index is 2.18. The molecular formula is C13H23N3O3. The first-order chi connectivity index (χ1) is 9.22. The molecule has 1 aromatic heterocycles. The van der Waals surface area contributed by atoms with Crippen molar-refractivity contribution in [1.82, 2.24) is 9.97 Å². The lowest BCUT2D eigenvalue weighted by Gasteiger charge is -2.10. The van der Waals surface area contributed by atoms with Crippen LogP contribution in [0.1, 0.15) is 20.3 Å². The summed E-state index contributed by atoms with van der Waals surface area (Å²) in [5.41, 5.74) is 0. The summed E-state index contributed by atoms with van der Waals surface area (Å²) in [6.45, 7) is 6.64. The third-order valence-electron chi connectivity index (χ3n) is 2.17. The maximum absolute atomic E-state index is 5.50. The van der Waals surface area contributed by atoms with Gasteiger partial charge in [0, 0.05) is 32.5 Å². The molecule has 0 spiro atoms. The van der Waals surface area contributed by atoms with E-state index in [1.165, 1.54) is 0 Å². The SMILES string of the molecule is COCCOCCCNc1nccc(OC(C)C)n1. The van der Waals surface area contributed by atoms with E-state index in [1.807, 2.05) is 13.8 Å². The molecule has 0 radical (unpaired) electrons. The molecule has 0 fully saturated rings. The van der Waals surface area contributed by atoms with Crippen LogP contribution < -0.4 is 10.1 Å². The number of ether oxygens (including phenoxy) is 3. The molecule has 0 aliphatic heterocycles. The second kappa shape index (κ2) is 9.52. The molecule has 1 rings (SSSR count). The van der Waals surface area contributed by atoms with E-state index in [0.29, 0.717) is 31.6 Å². The predicted molar refractivity (Wildman–Crippen MR) is 73.6 cm³/mol. The Labute approximate surface area is 114 Å². The van der Waals surface area contributed by atoms with Gasteiger partial charge in [0.2, 0.25) is 11.8 Å². The van der Waals surface area contributed by atoms with Crippen molar-refractivity contribution < 1.29 is 14.2 Å². The summed E-state index contributed by atoms with van der Waals surface area (Å²) in [5, 5.41) is 3.14. The number of methoxy groups -OCH3 is 1. The van der Waals surface area contributed by atoms with Crippen LogP contribution in [0.4, 0.5) is 5.95 Å². The molecule has 0 bridgehead atoms. The molecule has 0 aliphatic rings. The highest BCUT2D eigenvalue weighted by Gasteiger charge is 2.01. The maximum Gasteiger partial charge on any atom is 0.225 e. The van der Waals surface area contributed by atoms with Gasteiger partial charge in [0.25, 0.3) is 0 Å². The van der Waals surface area contributed by atoms with Crippen molar-refractivity contribution in [2.24, 2.45) is 0 Å². The van der Waals surface area contributed by atoms with E-state index in [2.05, 4.69) is 15.3 Å². The van der Waals surface area contributed by atoms with E-state index < -0.39 is 0 Å². The highest BCUT2D eigenvalue weighted by atomic mass is 16.5. The van der Waals surface area contributed by atoms with Crippen LogP contribution in [-0.4, -0.2) is 49.5 Å². The van der Waals surface area contributed by atoms with Crippen LogP contribution in [0.15, 0.2) is 12.3 Å². The standard InChI is InChI=1S/C13H23N3O3/c1-11(2)19-12-5-7-15-13(16-12)14-6-4-8-18-10-9-17-3/h5,7,11H,4,6,8-10H2,1-3H3,(H,14,15,16). The van der Waals surface area contributed by atoms with Gasteiger partial charge in [-0.3, -0.25) is 0 Å². The van der Waals surface area contributed by atoms with Crippen molar-refractivity contribution in [3.63, 3.8) is 0 Å². The summed E-state index contributed by atoms with van der Waals surface area (Å²) in [6, 6.07) is 1.75. The van der Waals surface area contributed by atoms with Gasteiger partial charge in [0.1, 0.15) is 0 Å². The Morgan fingerprint density at radius 2 is 2.11 bits per heavy atom. The molecule has 0 saturated heterocycles. The number of hydrogen-bond donors (Lipinski definition) is 1. The zero-order valence-electron chi connectivity index (χ0n) is 11.9. The van der Waals surface area contributed by atoms with Crippen molar-refractivity contribution in [2.45, 2.75) is 26.4 Å². The normalized spacial score (nSPS) is 10.7. The largest absolute Gasteiger partial charge is 0.475 e. The molecule has 0 unspecified atom stereocenters. The maximum atomic E-state index is 5.50. The second-order valence-corrected chi connectivity index (χ2v) is 4.27. The van der Waals surface area contributed by atoms with Crippen LogP contribution in [0.3, 0.4) is 0 Å². The molecule has 1 heterocycles. The molecule has 0 atom stereocenters. The third kappa shape index (κ3) is 7.58. The molecule has 6 nitrogen and oxygen atoms in total. The van der Waals surface area contributed by atoms with E-state index >= 15 is 0 Å². The highest BCUT2D eigenvalue weighted by molar-refractivity contribution is 5.27. The van der Waals surface area contributed by atoms with Gasteiger partial charge in [-0.15, -0.1) is 0 Å². The number of nitrogens with zero attached hydrogens (tertiary/aromatic N) is 2. The molecular weight excluding hydrogens is 246 g/mol. The predicted octanol–water partition coefficient (Wildman–Crippen LogP) is 1.73. The van der Waals surface area contributed by atoms with Crippen LogP contribution in [0, 0.1) is 0 Å². The minimum absolute atomic E-state index is 0.108. The van der Waals surface area contributed by atoms with Gasteiger partial charge in [0.15, 0.2) is 0 Å². The molecule has 0 aliphatic carbocycles. The van der Waals surface area contributed by atoms with Crippen LogP contribution in [-0.2, 0) is 9.47 Å². The number of nitrogens with one attached hydrogen (secondary N) is 1. The topological polar surface area (TPSA) is 65.5 Å². The number of rotatable bonds is 10. The van der Waals surface area contributed by atoms with E-state index in [1.54, 1.807) is 19.4 Å². The van der Waals surface area contributed by atoms with E-state index in [9.17, 15) is 0 Å². The van der Waals surface area contributed by atoms with Crippen molar-refractivity contribution in [3.05, 3.63) is 12.3 Å². The summed E-state index contributed by atoms with van der Waals surface area (Å²) in [7, 11) is 1.66. The zero-order chi connectivity index (χ0) is 13.9. The van der Waals surface area contributed by atoms with E-state index in [-0.39, 0.29) is 6.10 Å². The van der Waals surface area contributed by atoms with Crippen LogP contribution in [0.5, 0.6) is 5.88 Å². The molecule has 0 aromatic carbocycles. The van der Waals surface area contributed by atoms with Gasteiger partial charge in [-0.05, 0) is 20.3 Å². The molecule has 19 heavy (non-hydrogen) atoms. The fraction of sp³-hybridized carbons (Fsp3) is 0.692. The molecule has 0 saturated carbocycles. The first-order valence-corrected chi connectivity index (χ1v) is 6.52. The number of aromatic nitrogens is 2. The lowest BCUT2D eigenvalue weighted by molar-refractivity contribution is 0.0705. The smallest absolute Gasteiger partial charge is 0.225 e. The molecule has 6 heteroatoms. The first kappa shape index (κ1) is 15.7. The Hall–Kier alpha value is -1.40. The van der Waals surface area contributed by atoms with Crippen molar-refractivity contribution in [2.75, 3.05) is 38.8 Å². The minimum Gasteiger partial charge on any atom is -0.475 e. The van der Waals surface area contributed by atoms with Crippen molar-refractivity contribution in [3.8, 4) is 5.88 Å². The average Bonchev–Trinajstić information content (AvgIpc) is 2.37. The Kier molecular flexibility index (Phi) is 7.84. The average molecular weight is 269 g/mol. The Morgan fingerprint density at radius 1 is 1.26 bits per heavy atom. The van der Waals surface area contributed by atoms with Gasteiger partial charge < -0.3 is 19.5 Å². The lowest BCUT2D eigenvalue weighted by Crippen LogP contribution is -2.11. The Morgan fingerprint density at radius 3 is 2.84 bits per heavy atom. The summed E-state index contributed by atoms with van der Waals surface area (Å²) in [4.78, 5) is 8.39. The summed E-state index contributed by atoms with van der Waals surface area (Å²) >= 11 is 0. The fourth-order valence-corrected chi connectivity index (χ4v) is 1.35. The zero-order valence-corrected chi connectivity index (χ0v) is 11.9. The van der Waals surface area contributed by atoms with Crippen molar-refractivity contribution >= 4 is 5.95 Å². The van der Waals surface area contributed by atoms with Crippen LogP contribution in [0.2, 0.25) is 0 Å². The molecule has 0 amide bonds. The fourth-order valence-electron chi connectivity index (χ4n) is 1.35. The van der Waals surface area contributed by atoms with Crippen LogP contribution in [0.25, 0.3) is 0 Å². The molecule has 108 valence electrons.